The van der Waals surface area contributed by atoms with E-state index in [-0.39, 0.29) is 0 Å². The van der Waals surface area contributed by atoms with Crippen LogP contribution in [0, 0.1) is 5.41 Å². The second-order valence-corrected chi connectivity index (χ2v) is 4.89. The van der Waals surface area contributed by atoms with Crippen LogP contribution in [0.5, 0.6) is 0 Å². The maximum atomic E-state index is 5.50. The summed E-state index contributed by atoms with van der Waals surface area (Å²) >= 11 is 0. The van der Waals surface area contributed by atoms with Crippen molar-refractivity contribution in [2.24, 2.45) is 5.41 Å². The molecule has 0 aliphatic heterocycles. The molecular formula is C12H25NO2. The van der Waals surface area contributed by atoms with Gasteiger partial charge in [0.15, 0.2) is 0 Å². The van der Waals surface area contributed by atoms with E-state index in [0.717, 1.165) is 19.8 Å². The second-order valence-electron chi connectivity index (χ2n) is 4.89. The lowest BCUT2D eigenvalue weighted by Gasteiger charge is -2.17. The van der Waals surface area contributed by atoms with Gasteiger partial charge in [0.2, 0.25) is 0 Å². The van der Waals surface area contributed by atoms with Gasteiger partial charge < -0.3 is 14.8 Å². The Labute approximate surface area is 93.5 Å². The summed E-state index contributed by atoms with van der Waals surface area (Å²) in [6, 6.07) is 0.594. The van der Waals surface area contributed by atoms with Crippen LogP contribution >= 0.6 is 0 Å². The third-order valence-corrected chi connectivity index (χ3v) is 3.05. The topological polar surface area (TPSA) is 30.5 Å². The van der Waals surface area contributed by atoms with Crippen LogP contribution in [0.2, 0.25) is 0 Å². The monoisotopic (exact) mass is 215 g/mol. The van der Waals surface area contributed by atoms with Gasteiger partial charge in [-0.05, 0) is 24.7 Å². The van der Waals surface area contributed by atoms with Crippen LogP contribution in [0.1, 0.15) is 33.1 Å². The Bertz CT molecular complexity index is 167. The zero-order valence-corrected chi connectivity index (χ0v) is 10.3. The zero-order valence-electron chi connectivity index (χ0n) is 10.3. The lowest BCUT2D eigenvalue weighted by Crippen LogP contribution is -2.30. The van der Waals surface area contributed by atoms with E-state index in [2.05, 4.69) is 19.2 Å². The Kier molecular flexibility index (Phi) is 5.58. The number of hydrogen-bond acceptors (Lipinski definition) is 3. The highest BCUT2D eigenvalue weighted by Gasteiger charge is 2.41. The zero-order chi connectivity index (χ0) is 11.1. The van der Waals surface area contributed by atoms with Gasteiger partial charge >= 0.3 is 0 Å². The summed E-state index contributed by atoms with van der Waals surface area (Å²) in [5.41, 5.74) is 0.553. The normalized spacial score (nSPS) is 18.4. The van der Waals surface area contributed by atoms with Crippen molar-refractivity contribution in [3.05, 3.63) is 0 Å². The van der Waals surface area contributed by atoms with E-state index in [4.69, 9.17) is 9.47 Å². The molecular weight excluding hydrogens is 190 g/mol. The number of rotatable bonds is 9. The fourth-order valence-electron chi connectivity index (χ4n) is 1.65. The van der Waals surface area contributed by atoms with Gasteiger partial charge in [0, 0.05) is 26.3 Å². The van der Waals surface area contributed by atoms with Crippen molar-refractivity contribution in [3.63, 3.8) is 0 Å². The van der Waals surface area contributed by atoms with Crippen molar-refractivity contribution >= 4 is 0 Å². The van der Waals surface area contributed by atoms with Crippen molar-refractivity contribution in [1.82, 2.24) is 5.32 Å². The van der Waals surface area contributed by atoms with Gasteiger partial charge in [0.25, 0.3) is 0 Å². The SMILES string of the molecule is COCCOCCC1(CNC(C)C)CC1. The minimum Gasteiger partial charge on any atom is -0.382 e. The summed E-state index contributed by atoms with van der Waals surface area (Å²) in [4.78, 5) is 0. The van der Waals surface area contributed by atoms with Crippen LogP contribution in [0.3, 0.4) is 0 Å². The average Bonchev–Trinajstić information content (AvgIpc) is 2.96. The summed E-state index contributed by atoms with van der Waals surface area (Å²) in [6.45, 7) is 7.86. The molecule has 1 aliphatic carbocycles. The van der Waals surface area contributed by atoms with Crippen LogP contribution in [-0.2, 0) is 9.47 Å². The highest BCUT2D eigenvalue weighted by molar-refractivity contribution is 4.94. The Morgan fingerprint density at radius 3 is 2.47 bits per heavy atom. The molecule has 0 radical (unpaired) electrons. The van der Waals surface area contributed by atoms with Gasteiger partial charge in [0.1, 0.15) is 0 Å². The smallest absolute Gasteiger partial charge is 0.0700 e. The molecule has 0 spiro atoms. The Hall–Kier alpha value is -0.120. The molecule has 3 nitrogen and oxygen atoms in total. The molecule has 0 bridgehead atoms. The van der Waals surface area contributed by atoms with E-state index in [9.17, 15) is 0 Å². The predicted molar refractivity (Wildman–Crippen MR) is 62.1 cm³/mol. The summed E-state index contributed by atoms with van der Waals surface area (Å²) in [7, 11) is 1.71. The van der Waals surface area contributed by atoms with E-state index < -0.39 is 0 Å². The Balaban J connectivity index is 1.99. The van der Waals surface area contributed by atoms with Crippen molar-refractivity contribution in [1.29, 1.82) is 0 Å². The fourth-order valence-corrected chi connectivity index (χ4v) is 1.65. The van der Waals surface area contributed by atoms with Gasteiger partial charge in [-0.1, -0.05) is 13.8 Å². The molecule has 15 heavy (non-hydrogen) atoms. The molecule has 0 aromatic heterocycles. The van der Waals surface area contributed by atoms with Crippen molar-refractivity contribution < 1.29 is 9.47 Å². The van der Waals surface area contributed by atoms with Gasteiger partial charge in [-0.15, -0.1) is 0 Å². The Morgan fingerprint density at radius 2 is 1.93 bits per heavy atom. The molecule has 1 rings (SSSR count). The molecule has 0 aromatic rings. The summed E-state index contributed by atoms with van der Waals surface area (Å²) in [5, 5.41) is 3.52. The molecule has 0 saturated heterocycles. The molecule has 0 amide bonds. The van der Waals surface area contributed by atoms with Gasteiger partial charge in [0.05, 0.1) is 13.2 Å². The summed E-state index contributed by atoms with van der Waals surface area (Å²) < 4.78 is 10.4. The van der Waals surface area contributed by atoms with Gasteiger partial charge in [-0.3, -0.25) is 0 Å². The first-order valence-corrected chi connectivity index (χ1v) is 5.99. The van der Waals surface area contributed by atoms with E-state index in [0.29, 0.717) is 18.1 Å². The summed E-state index contributed by atoms with van der Waals surface area (Å²) in [5.74, 6) is 0. The quantitative estimate of drug-likeness (QED) is 0.595. The molecule has 0 unspecified atom stereocenters. The molecule has 0 aromatic carbocycles. The molecule has 0 heterocycles. The first-order valence-electron chi connectivity index (χ1n) is 5.99. The van der Waals surface area contributed by atoms with Gasteiger partial charge in [-0.2, -0.15) is 0 Å². The molecule has 90 valence electrons. The molecule has 3 heteroatoms. The summed E-state index contributed by atoms with van der Waals surface area (Å²) in [6.07, 6.45) is 3.91. The van der Waals surface area contributed by atoms with Gasteiger partial charge in [-0.25, -0.2) is 0 Å². The molecule has 0 atom stereocenters. The molecule has 1 saturated carbocycles. The lowest BCUT2D eigenvalue weighted by molar-refractivity contribution is 0.0617. The van der Waals surface area contributed by atoms with Crippen LogP contribution in [-0.4, -0.2) is 39.5 Å². The highest BCUT2D eigenvalue weighted by atomic mass is 16.5. The van der Waals surface area contributed by atoms with Crippen molar-refractivity contribution in [2.75, 3.05) is 33.5 Å². The first kappa shape index (κ1) is 12.9. The second kappa shape index (κ2) is 6.46. The third kappa shape index (κ3) is 5.50. The predicted octanol–water partition coefficient (Wildman–Crippen LogP) is 1.82. The maximum absolute atomic E-state index is 5.50. The molecule has 1 N–H and O–H groups in total. The van der Waals surface area contributed by atoms with E-state index in [1.807, 2.05) is 0 Å². The van der Waals surface area contributed by atoms with Crippen molar-refractivity contribution in [2.45, 2.75) is 39.2 Å². The number of nitrogens with one attached hydrogen (secondary N) is 1. The first-order chi connectivity index (χ1) is 7.18. The minimum atomic E-state index is 0.553. The molecule has 1 fully saturated rings. The fraction of sp³-hybridized carbons (Fsp3) is 1.00. The van der Waals surface area contributed by atoms with Crippen molar-refractivity contribution in [3.8, 4) is 0 Å². The largest absolute Gasteiger partial charge is 0.382 e. The lowest BCUT2D eigenvalue weighted by atomic mass is 10.0. The maximum Gasteiger partial charge on any atom is 0.0700 e. The highest BCUT2D eigenvalue weighted by Crippen LogP contribution is 2.48. The van der Waals surface area contributed by atoms with E-state index >= 15 is 0 Å². The van der Waals surface area contributed by atoms with E-state index in [1.165, 1.54) is 19.3 Å². The number of hydrogen-bond donors (Lipinski definition) is 1. The number of methoxy groups -OCH3 is 1. The average molecular weight is 215 g/mol. The van der Waals surface area contributed by atoms with Crippen LogP contribution in [0.4, 0.5) is 0 Å². The Morgan fingerprint density at radius 1 is 1.20 bits per heavy atom. The van der Waals surface area contributed by atoms with Crippen LogP contribution < -0.4 is 5.32 Å². The minimum absolute atomic E-state index is 0.553. The van der Waals surface area contributed by atoms with E-state index in [1.54, 1.807) is 7.11 Å². The van der Waals surface area contributed by atoms with Crippen LogP contribution in [0.25, 0.3) is 0 Å². The number of ether oxygens (including phenoxy) is 2. The standard InChI is InChI=1S/C12H25NO2/c1-11(2)13-10-12(4-5-12)6-7-15-9-8-14-3/h11,13H,4-10H2,1-3H3. The third-order valence-electron chi connectivity index (χ3n) is 3.05. The van der Waals surface area contributed by atoms with Crippen LogP contribution in [0.15, 0.2) is 0 Å². The molecule has 1 aliphatic rings.